The normalized spacial score (nSPS) is 15.4. The molecule has 4 rings (SSSR count). The minimum Gasteiger partial charge on any atom is -0.334 e. The minimum atomic E-state index is -3.42. The quantitative estimate of drug-likeness (QED) is 0.677. The summed E-state index contributed by atoms with van der Waals surface area (Å²) in [6.45, 7) is 1.17. The fraction of sp³-hybridized carbons (Fsp3) is 0.222. The zero-order valence-corrected chi connectivity index (χ0v) is 15.4. The lowest BCUT2D eigenvalue weighted by molar-refractivity contribution is 0.432. The van der Waals surface area contributed by atoms with Crippen LogP contribution in [0.15, 0.2) is 57.9 Å². The molecule has 0 N–H and O–H groups in total. The Bertz CT molecular complexity index is 1010. The van der Waals surface area contributed by atoms with Crippen LogP contribution in [0.1, 0.15) is 12.8 Å². The van der Waals surface area contributed by atoms with Gasteiger partial charge >= 0.3 is 0 Å². The van der Waals surface area contributed by atoms with Crippen molar-refractivity contribution in [3.63, 3.8) is 0 Å². The zero-order chi connectivity index (χ0) is 18.1. The van der Waals surface area contributed by atoms with E-state index in [9.17, 15) is 8.42 Å². The highest BCUT2D eigenvalue weighted by molar-refractivity contribution is 7.89. The van der Waals surface area contributed by atoms with Crippen molar-refractivity contribution in [2.24, 2.45) is 0 Å². The Morgan fingerprint density at radius 3 is 2.19 bits per heavy atom. The highest BCUT2D eigenvalue weighted by atomic mass is 35.5. The number of benzene rings is 2. The summed E-state index contributed by atoms with van der Waals surface area (Å²) >= 11 is 5.88. The number of hydrogen-bond donors (Lipinski definition) is 0. The average Bonchev–Trinajstić information content (AvgIpc) is 3.35. The lowest BCUT2D eigenvalue weighted by atomic mass is 10.2. The number of rotatable bonds is 4. The van der Waals surface area contributed by atoms with Gasteiger partial charge in [-0.2, -0.15) is 9.29 Å². The molecule has 1 aromatic heterocycles. The maximum atomic E-state index is 12.6. The number of halogens is 1. The van der Waals surface area contributed by atoms with Crippen LogP contribution in [0.2, 0.25) is 5.02 Å². The van der Waals surface area contributed by atoms with E-state index in [0.29, 0.717) is 35.4 Å². The van der Waals surface area contributed by atoms with Gasteiger partial charge in [-0.15, -0.1) is 0 Å². The van der Waals surface area contributed by atoms with Crippen LogP contribution in [-0.2, 0) is 10.0 Å². The molecule has 0 amide bonds. The highest BCUT2D eigenvalue weighted by Crippen LogP contribution is 2.26. The van der Waals surface area contributed by atoms with E-state index in [1.54, 1.807) is 48.5 Å². The first-order valence-electron chi connectivity index (χ1n) is 8.24. The van der Waals surface area contributed by atoms with Crippen LogP contribution < -0.4 is 0 Å². The second-order valence-corrected chi connectivity index (χ2v) is 8.44. The molecule has 0 radical (unpaired) electrons. The third kappa shape index (κ3) is 3.25. The fourth-order valence-electron chi connectivity index (χ4n) is 2.90. The number of sulfonamides is 1. The minimum absolute atomic E-state index is 0.282. The van der Waals surface area contributed by atoms with Gasteiger partial charge in [-0.1, -0.05) is 16.8 Å². The van der Waals surface area contributed by atoms with Crippen molar-refractivity contribution in [1.82, 2.24) is 14.4 Å². The molecule has 1 fully saturated rings. The molecule has 8 heteroatoms. The van der Waals surface area contributed by atoms with Gasteiger partial charge in [-0.3, -0.25) is 0 Å². The Labute approximate surface area is 156 Å². The average molecular weight is 390 g/mol. The standard InChI is InChI=1S/C18H16ClN3O3S/c19-15-7-3-14(4-8-15)18-20-17(21-25-18)13-5-9-16(10-6-13)26(23,24)22-11-1-2-12-22/h3-10H,1-2,11-12H2. The molecule has 1 saturated heterocycles. The van der Waals surface area contributed by atoms with Gasteiger partial charge in [0.2, 0.25) is 15.8 Å². The van der Waals surface area contributed by atoms with Crippen LogP contribution in [0, 0.1) is 0 Å². The van der Waals surface area contributed by atoms with Gasteiger partial charge in [0.25, 0.3) is 5.89 Å². The molecule has 0 unspecified atom stereocenters. The Balaban J connectivity index is 1.58. The summed E-state index contributed by atoms with van der Waals surface area (Å²) in [5.74, 6) is 0.783. The van der Waals surface area contributed by atoms with Crippen molar-refractivity contribution in [3.8, 4) is 22.8 Å². The first-order valence-corrected chi connectivity index (χ1v) is 10.1. The Kier molecular flexibility index (Phi) is 4.52. The number of hydrogen-bond acceptors (Lipinski definition) is 5. The molecular weight excluding hydrogens is 374 g/mol. The summed E-state index contributed by atoms with van der Waals surface area (Å²) in [5, 5.41) is 4.60. The molecule has 3 aromatic rings. The molecule has 0 bridgehead atoms. The molecule has 26 heavy (non-hydrogen) atoms. The Morgan fingerprint density at radius 1 is 0.923 bits per heavy atom. The molecule has 6 nitrogen and oxygen atoms in total. The smallest absolute Gasteiger partial charge is 0.258 e. The monoisotopic (exact) mass is 389 g/mol. The number of nitrogens with zero attached hydrogens (tertiary/aromatic N) is 3. The summed E-state index contributed by atoms with van der Waals surface area (Å²) in [7, 11) is -3.42. The predicted molar refractivity (Wildman–Crippen MR) is 98.2 cm³/mol. The van der Waals surface area contributed by atoms with Crippen LogP contribution in [-0.4, -0.2) is 36.0 Å². The van der Waals surface area contributed by atoms with Gasteiger partial charge in [0.15, 0.2) is 0 Å². The summed E-state index contributed by atoms with van der Waals surface area (Å²) < 4.78 is 31.9. The lowest BCUT2D eigenvalue weighted by Crippen LogP contribution is -2.27. The first-order chi connectivity index (χ1) is 12.5. The van der Waals surface area contributed by atoms with Crippen molar-refractivity contribution in [2.75, 3.05) is 13.1 Å². The molecule has 0 saturated carbocycles. The van der Waals surface area contributed by atoms with Gasteiger partial charge in [0.05, 0.1) is 4.90 Å². The molecule has 2 aromatic carbocycles. The van der Waals surface area contributed by atoms with Crippen molar-refractivity contribution in [2.45, 2.75) is 17.7 Å². The third-order valence-corrected chi connectivity index (χ3v) is 6.50. The molecule has 0 spiro atoms. The Hall–Kier alpha value is -2.22. The number of aromatic nitrogens is 2. The largest absolute Gasteiger partial charge is 0.334 e. The second-order valence-electron chi connectivity index (χ2n) is 6.07. The van der Waals surface area contributed by atoms with Gasteiger partial charge in [-0.25, -0.2) is 8.42 Å². The van der Waals surface area contributed by atoms with Crippen LogP contribution in [0.5, 0.6) is 0 Å². The van der Waals surface area contributed by atoms with Gasteiger partial charge in [0, 0.05) is 29.2 Å². The molecule has 1 aliphatic heterocycles. The van der Waals surface area contributed by atoms with E-state index in [1.807, 2.05) is 0 Å². The van der Waals surface area contributed by atoms with Gasteiger partial charge < -0.3 is 4.52 Å². The molecule has 134 valence electrons. The molecule has 0 aliphatic carbocycles. The van der Waals surface area contributed by atoms with Crippen molar-refractivity contribution < 1.29 is 12.9 Å². The van der Waals surface area contributed by atoms with E-state index in [2.05, 4.69) is 10.1 Å². The maximum absolute atomic E-state index is 12.6. The van der Waals surface area contributed by atoms with Crippen molar-refractivity contribution >= 4 is 21.6 Å². The maximum Gasteiger partial charge on any atom is 0.258 e. The van der Waals surface area contributed by atoms with Crippen molar-refractivity contribution in [1.29, 1.82) is 0 Å². The SMILES string of the molecule is O=S(=O)(c1ccc(-c2noc(-c3ccc(Cl)cc3)n2)cc1)N1CCCC1. The summed E-state index contributed by atoms with van der Waals surface area (Å²) in [6.07, 6.45) is 1.82. The van der Waals surface area contributed by atoms with Gasteiger partial charge in [0.1, 0.15) is 0 Å². The van der Waals surface area contributed by atoms with Crippen molar-refractivity contribution in [3.05, 3.63) is 53.6 Å². The van der Waals surface area contributed by atoms with E-state index in [0.717, 1.165) is 18.4 Å². The topological polar surface area (TPSA) is 76.3 Å². The fourth-order valence-corrected chi connectivity index (χ4v) is 4.55. The van der Waals surface area contributed by atoms with Crippen LogP contribution >= 0.6 is 11.6 Å². The Morgan fingerprint density at radius 2 is 1.54 bits per heavy atom. The van der Waals surface area contributed by atoms with E-state index in [1.165, 1.54) is 4.31 Å². The van der Waals surface area contributed by atoms with Crippen LogP contribution in [0.3, 0.4) is 0 Å². The van der Waals surface area contributed by atoms with Crippen LogP contribution in [0.4, 0.5) is 0 Å². The summed E-state index contributed by atoms with van der Waals surface area (Å²) in [5.41, 5.74) is 1.45. The second kappa shape index (κ2) is 6.83. The van der Waals surface area contributed by atoms with E-state index in [4.69, 9.17) is 16.1 Å². The van der Waals surface area contributed by atoms with E-state index >= 15 is 0 Å². The van der Waals surface area contributed by atoms with E-state index in [-0.39, 0.29) is 4.90 Å². The first kappa shape index (κ1) is 17.2. The van der Waals surface area contributed by atoms with Crippen LogP contribution in [0.25, 0.3) is 22.8 Å². The van der Waals surface area contributed by atoms with Gasteiger partial charge in [-0.05, 0) is 61.4 Å². The third-order valence-electron chi connectivity index (χ3n) is 4.33. The molecule has 2 heterocycles. The molecular formula is C18H16ClN3O3S. The lowest BCUT2D eigenvalue weighted by Gasteiger charge is -2.15. The van der Waals surface area contributed by atoms with E-state index < -0.39 is 10.0 Å². The zero-order valence-electron chi connectivity index (χ0n) is 13.8. The predicted octanol–water partition coefficient (Wildman–Crippen LogP) is 3.84. The molecule has 0 atom stereocenters. The molecule has 1 aliphatic rings. The highest BCUT2D eigenvalue weighted by Gasteiger charge is 2.27. The summed E-state index contributed by atoms with van der Waals surface area (Å²) in [4.78, 5) is 4.65. The summed E-state index contributed by atoms with van der Waals surface area (Å²) in [6, 6.07) is 13.6.